The molecule has 4 nitrogen and oxygen atoms in total. The quantitative estimate of drug-likeness (QED) is 0.768. The van der Waals surface area contributed by atoms with Crippen LogP contribution in [0, 0.1) is 0 Å². The molecule has 2 heterocycles. The fraction of sp³-hybridized carbons (Fsp3) is 0.917. The Hall–Kier alpha value is -0.770. The van der Waals surface area contributed by atoms with E-state index in [-0.39, 0.29) is 6.03 Å². The van der Waals surface area contributed by atoms with E-state index in [1.165, 1.54) is 0 Å². The van der Waals surface area contributed by atoms with Crippen molar-refractivity contribution in [3.63, 3.8) is 0 Å². The van der Waals surface area contributed by atoms with E-state index in [1.807, 2.05) is 4.90 Å². The zero-order chi connectivity index (χ0) is 11.5. The fourth-order valence-electron chi connectivity index (χ4n) is 2.70. The molecule has 16 heavy (non-hydrogen) atoms. The second-order valence-corrected chi connectivity index (χ2v) is 5.10. The summed E-state index contributed by atoms with van der Waals surface area (Å²) in [5.74, 6) is 0. The number of urea groups is 1. The number of nitrogens with zero attached hydrogens (tertiary/aromatic N) is 2. The van der Waals surface area contributed by atoms with Crippen molar-refractivity contribution in [2.75, 3.05) is 26.2 Å². The van der Waals surface area contributed by atoms with Gasteiger partial charge in [-0.25, -0.2) is 4.79 Å². The van der Waals surface area contributed by atoms with E-state index >= 15 is 0 Å². The summed E-state index contributed by atoms with van der Waals surface area (Å²) < 4.78 is 0. The Morgan fingerprint density at radius 3 is 2.56 bits per heavy atom. The van der Waals surface area contributed by atoms with Crippen molar-refractivity contribution in [3.8, 4) is 0 Å². The molecule has 2 aliphatic rings. The minimum Gasteiger partial charge on any atom is -0.322 e. The second kappa shape index (κ2) is 5.04. The first-order valence-electron chi connectivity index (χ1n) is 6.48. The van der Waals surface area contributed by atoms with Crippen molar-refractivity contribution in [1.82, 2.24) is 15.1 Å². The first kappa shape index (κ1) is 11.7. The predicted octanol–water partition coefficient (Wildman–Crippen LogP) is 1.27. The third kappa shape index (κ3) is 2.32. The zero-order valence-corrected chi connectivity index (χ0v) is 10.4. The van der Waals surface area contributed by atoms with Crippen molar-refractivity contribution in [3.05, 3.63) is 0 Å². The summed E-state index contributed by atoms with van der Waals surface area (Å²) in [6.45, 7) is 8.19. The Morgan fingerprint density at radius 2 is 1.94 bits per heavy atom. The first-order valence-corrected chi connectivity index (χ1v) is 6.48. The average Bonchev–Trinajstić information content (AvgIpc) is 2.30. The van der Waals surface area contributed by atoms with Gasteiger partial charge in [-0.05, 0) is 46.2 Å². The lowest BCUT2D eigenvalue weighted by Crippen LogP contribution is -2.56. The molecule has 0 saturated carbocycles. The number of piperidine rings is 1. The zero-order valence-electron chi connectivity index (χ0n) is 10.4. The molecule has 0 atom stereocenters. The molecule has 0 aliphatic carbocycles. The van der Waals surface area contributed by atoms with Crippen LogP contribution in [0.4, 0.5) is 4.79 Å². The summed E-state index contributed by atoms with van der Waals surface area (Å²) in [5, 5.41) is 3.35. The van der Waals surface area contributed by atoms with Gasteiger partial charge in [-0.15, -0.1) is 0 Å². The first-order chi connectivity index (χ1) is 7.70. The third-order valence-electron chi connectivity index (χ3n) is 3.66. The number of amides is 2. The standard InChI is InChI=1S/C12H23N3O/c1-10(2)14-8-3-9-15(12(14)16)11-4-6-13-7-5-11/h10-11,13H,3-9H2,1-2H3. The monoisotopic (exact) mass is 225 g/mol. The molecule has 0 radical (unpaired) electrons. The number of nitrogens with one attached hydrogen (secondary N) is 1. The molecule has 2 amide bonds. The highest BCUT2D eigenvalue weighted by atomic mass is 16.2. The van der Waals surface area contributed by atoms with Gasteiger partial charge in [-0.2, -0.15) is 0 Å². The maximum atomic E-state index is 12.3. The Labute approximate surface area is 98.0 Å². The van der Waals surface area contributed by atoms with Crippen LogP contribution in [0.25, 0.3) is 0 Å². The van der Waals surface area contributed by atoms with Crippen LogP contribution in [0.3, 0.4) is 0 Å². The summed E-state index contributed by atoms with van der Waals surface area (Å²) in [6.07, 6.45) is 3.34. The smallest absolute Gasteiger partial charge is 0.320 e. The molecule has 2 rings (SSSR count). The lowest BCUT2D eigenvalue weighted by atomic mass is 10.0. The minimum atomic E-state index is 0.258. The van der Waals surface area contributed by atoms with Gasteiger partial charge in [0.1, 0.15) is 0 Å². The van der Waals surface area contributed by atoms with Crippen LogP contribution in [0.2, 0.25) is 0 Å². The molecule has 2 aliphatic heterocycles. The summed E-state index contributed by atoms with van der Waals surface area (Å²) in [7, 11) is 0. The lowest BCUT2D eigenvalue weighted by molar-refractivity contribution is 0.0868. The summed E-state index contributed by atoms with van der Waals surface area (Å²) in [4.78, 5) is 16.4. The number of carbonyl (C=O) groups excluding carboxylic acids is 1. The van der Waals surface area contributed by atoms with Gasteiger partial charge in [0.05, 0.1) is 0 Å². The van der Waals surface area contributed by atoms with Gasteiger partial charge in [0.15, 0.2) is 0 Å². The third-order valence-corrected chi connectivity index (χ3v) is 3.66. The van der Waals surface area contributed by atoms with E-state index in [2.05, 4.69) is 24.1 Å². The van der Waals surface area contributed by atoms with Crippen LogP contribution in [-0.4, -0.2) is 54.1 Å². The molecule has 0 aromatic heterocycles. The van der Waals surface area contributed by atoms with Gasteiger partial charge in [0, 0.05) is 25.2 Å². The summed E-state index contributed by atoms with van der Waals surface area (Å²) >= 11 is 0. The van der Waals surface area contributed by atoms with Crippen molar-refractivity contribution in [2.24, 2.45) is 0 Å². The van der Waals surface area contributed by atoms with Crippen molar-refractivity contribution < 1.29 is 4.79 Å². The molecule has 92 valence electrons. The van der Waals surface area contributed by atoms with Crippen LogP contribution in [0.1, 0.15) is 33.1 Å². The molecule has 0 bridgehead atoms. The SMILES string of the molecule is CC(C)N1CCCN(C2CCNCC2)C1=O. The molecular weight excluding hydrogens is 202 g/mol. The van der Waals surface area contributed by atoms with Crippen molar-refractivity contribution in [1.29, 1.82) is 0 Å². The Morgan fingerprint density at radius 1 is 1.25 bits per heavy atom. The average molecular weight is 225 g/mol. The van der Waals surface area contributed by atoms with Gasteiger partial charge in [-0.3, -0.25) is 0 Å². The van der Waals surface area contributed by atoms with E-state index < -0.39 is 0 Å². The van der Waals surface area contributed by atoms with E-state index in [1.54, 1.807) is 0 Å². The van der Waals surface area contributed by atoms with Gasteiger partial charge in [0.25, 0.3) is 0 Å². The van der Waals surface area contributed by atoms with E-state index in [0.29, 0.717) is 12.1 Å². The number of rotatable bonds is 2. The fourth-order valence-corrected chi connectivity index (χ4v) is 2.70. The normalized spacial score (nSPS) is 24.3. The molecule has 2 fully saturated rings. The second-order valence-electron chi connectivity index (χ2n) is 5.10. The Balaban J connectivity index is 2.00. The van der Waals surface area contributed by atoms with Gasteiger partial charge >= 0.3 is 6.03 Å². The number of hydrogen-bond donors (Lipinski definition) is 1. The molecule has 4 heteroatoms. The Bertz CT molecular complexity index is 249. The highest BCUT2D eigenvalue weighted by molar-refractivity contribution is 5.75. The maximum Gasteiger partial charge on any atom is 0.320 e. The van der Waals surface area contributed by atoms with Crippen molar-refractivity contribution in [2.45, 2.75) is 45.2 Å². The molecule has 0 spiro atoms. The predicted molar refractivity (Wildman–Crippen MR) is 64.5 cm³/mol. The molecule has 0 unspecified atom stereocenters. The molecule has 0 aromatic rings. The topological polar surface area (TPSA) is 35.6 Å². The molecule has 1 N–H and O–H groups in total. The minimum absolute atomic E-state index is 0.258. The molecular formula is C12H23N3O. The van der Waals surface area contributed by atoms with E-state index in [0.717, 1.165) is 45.4 Å². The summed E-state index contributed by atoms with van der Waals surface area (Å²) in [5.41, 5.74) is 0. The van der Waals surface area contributed by atoms with Crippen LogP contribution >= 0.6 is 0 Å². The number of hydrogen-bond acceptors (Lipinski definition) is 2. The Kier molecular flexibility index (Phi) is 3.69. The van der Waals surface area contributed by atoms with Crippen LogP contribution in [0.5, 0.6) is 0 Å². The molecule has 0 aromatic carbocycles. The number of carbonyl (C=O) groups is 1. The van der Waals surface area contributed by atoms with Gasteiger partial charge in [-0.1, -0.05) is 0 Å². The van der Waals surface area contributed by atoms with Crippen LogP contribution < -0.4 is 5.32 Å². The van der Waals surface area contributed by atoms with Gasteiger partial charge < -0.3 is 15.1 Å². The van der Waals surface area contributed by atoms with Crippen LogP contribution in [-0.2, 0) is 0 Å². The van der Waals surface area contributed by atoms with E-state index in [4.69, 9.17) is 0 Å². The van der Waals surface area contributed by atoms with Crippen molar-refractivity contribution >= 4 is 6.03 Å². The summed E-state index contributed by atoms with van der Waals surface area (Å²) in [6, 6.07) is 1.06. The van der Waals surface area contributed by atoms with E-state index in [9.17, 15) is 4.79 Å². The molecule has 2 saturated heterocycles. The highest BCUT2D eigenvalue weighted by Gasteiger charge is 2.32. The van der Waals surface area contributed by atoms with Crippen LogP contribution in [0.15, 0.2) is 0 Å². The largest absolute Gasteiger partial charge is 0.322 e. The van der Waals surface area contributed by atoms with Gasteiger partial charge in [0.2, 0.25) is 0 Å². The lowest BCUT2D eigenvalue weighted by Gasteiger charge is -2.43. The maximum absolute atomic E-state index is 12.3. The highest BCUT2D eigenvalue weighted by Crippen LogP contribution is 2.19.